The van der Waals surface area contributed by atoms with Gasteiger partial charge in [-0.3, -0.25) is 4.79 Å². The zero-order chi connectivity index (χ0) is 15.4. The Bertz CT molecular complexity index is 651. The van der Waals surface area contributed by atoms with Crippen LogP contribution in [0, 0.1) is 0 Å². The van der Waals surface area contributed by atoms with Gasteiger partial charge in [0.25, 0.3) is 0 Å². The lowest BCUT2D eigenvalue weighted by atomic mass is 10.0. The molecule has 1 aliphatic rings. The third kappa shape index (κ3) is 3.58. The van der Waals surface area contributed by atoms with E-state index >= 15 is 0 Å². The van der Waals surface area contributed by atoms with Gasteiger partial charge in [0.05, 0.1) is 6.42 Å². The number of hydrogen-bond acceptors (Lipinski definition) is 3. The first kappa shape index (κ1) is 14.4. The van der Waals surface area contributed by atoms with Crippen molar-refractivity contribution in [3.8, 4) is 11.5 Å². The van der Waals surface area contributed by atoms with Crippen molar-refractivity contribution in [2.45, 2.75) is 32.0 Å². The molecule has 4 nitrogen and oxygen atoms in total. The number of carbonyl (C=O) groups is 1. The first-order valence-electron chi connectivity index (χ1n) is 7.39. The molecule has 0 saturated heterocycles. The summed E-state index contributed by atoms with van der Waals surface area (Å²) in [6, 6.07) is 15.7. The molecule has 0 aliphatic carbocycles. The monoisotopic (exact) mass is 298 g/mol. The molecule has 1 heterocycles. The molecule has 2 aromatic rings. The quantitative estimate of drug-likeness (QED) is 0.918. The average molecular weight is 298 g/mol. The van der Waals surface area contributed by atoms with Gasteiger partial charge in [-0.15, -0.1) is 0 Å². The molecule has 0 spiro atoms. The van der Waals surface area contributed by atoms with Crippen molar-refractivity contribution in [2.24, 2.45) is 0 Å². The number of fused-ring (bicyclic) bond motifs is 1. The third-order valence-corrected chi connectivity index (χ3v) is 3.72. The standard InChI is InChI=1S/C18H18O4/c19-18(20)11-16-9-7-14-6-8-15(10-17(14)22-16)21-12-13-4-2-1-3-5-13/h1-6,8,10,16H,7,9,11-12H2,(H,19,20). The van der Waals surface area contributed by atoms with Crippen molar-refractivity contribution in [3.05, 3.63) is 59.7 Å². The van der Waals surface area contributed by atoms with Gasteiger partial charge in [0, 0.05) is 6.07 Å². The van der Waals surface area contributed by atoms with Gasteiger partial charge < -0.3 is 14.6 Å². The maximum Gasteiger partial charge on any atom is 0.307 e. The molecule has 3 rings (SSSR count). The number of aryl methyl sites for hydroxylation is 1. The molecule has 0 radical (unpaired) electrons. The molecule has 4 heteroatoms. The van der Waals surface area contributed by atoms with Crippen LogP contribution < -0.4 is 9.47 Å². The summed E-state index contributed by atoms with van der Waals surface area (Å²) < 4.78 is 11.6. The lowest BCUT2D eigenvalue weighted by molar-refractivity contribution is -0.139. The fraction of sp³-hybridized carbons (Fsp3) is 0.278. The molecular formula is C18H18O4. The minimum Gasteiger partial charge on any atom is -0.489 e. The Hall–Kier alpha value is -2.49. The van der Waals surface area contributed by atoms with Crippen LogP contribution in [0.15, 0.2) is 48.5 Å². The fourth-order valence-electron chi connectivity index (χ4n) is 2.58. The molecule has 0 saturated carbocycles. The van der Waals surface area contributed by atoms with E-state index in [4.69, 9.17) is 14.6 Å². The topological polar surface area (TPSA) is 55.8 Å². The maximum atomic E-state index is 10.8. The number of benzene rings is 2. The third-order valence-electron chi connectivity index (χ3n) is 3.72. The number of hydrogen-bond donors (Lipinski definition) is 1. The van der Waals surface area contributed by atoms with Crippen molar-refractivity contribution < 1.29 is 19.4 Å². The summed E-state index contributed by atoms with van der Waals surface area (Å²) in [5.74, 6) is 0.645. The summed E-state index contributed by atoms with van der Waals surface area (Å²) in [5.41, 5.74) is 2.21. The predicted octanol–water partition coefficient (Wildman–Crippen LogP) is 3.43. The van der Waals surface area contributed by atoms with E-state index in [1.165, 1.54) is 0 Å². The maximum absolute atomic E-state index is 10.8. The number of carboxylic acids is 1. The van der Waals surface area contributed by atoms with Crippen molar-refractivity contribution in [1.82, 2.24) is 0 Å². The molecule has 0 fully saturated rings. The Kier molecular flexibility index (Phi) is 4.28. The SMILES string of the molecule is O=C(O)CC1CCc2ccc(OCc3ccccc3)cc2O1. The van der Waals surface area contributed by atoms with Crippen LogP contribution in [0.2, 0.25) is 0 Å². The Morgan fingerprint density at radius 2 is 2.05 bits per heavy atom. The van der Waals surface area contributed by atoms with E-state index in [1.807, 2.05) is 48.5 Å². The van der Waals surface area contributed by atoms with Gasteiger partial charge in [0.2, 0.25) is 0 Å². The molecular weight excluding hydrogens is 280 g/mol. The molecule has 1 N–H and O–H groups in total. The second kappa shape index (κ2) is 6.52. The Morgan fingerprint density at radius 1 is 1.23 bits per heavy atom. The van der Waals surface area contributed by atoms with Crippen LogP contribution in [0.25, 0.3) is 0 Å². The van der Waals surface area contributed by atoms with Gasteiger partial charge in [0.1, 0.15) is 24.2 Å². The molecule has 1 unspecified atom stereocenters. The zero-order valence-corrected chi connectivity index (χ0v) is 12.2. The minimum absolute atomic E-state index is 0.0363. The second-order valence-electron chi connectivity index (χ2n) is 5.42. The fourth-order valence-corrected chi connectivity index (χ4v) is 2.58. The highest BCUT2D eigenvalue weighted by Crippen LogP contribution is 2.32. The lowest BCUT2D eigenvalue weighted by Crippen LogP contribution is -2.25. The largest absolute Gasteiger partial charge is 0.489 e. The zero-order valence-electron chi connectivity index (χ0n) is 12.2. The van der Waals surface area contributed by atoms with Crippen molar-refractivity contribution in [3.63, 3.8) is 0 Å². The molecule has 22 heavy (non-hydrogen) atoms. The van der Waals surface area contributed by atoms with Crippen LogP contribution in [0.3, 0.4) is 0 Å². The van der Waals surface area contributed by atoms with Crippen molar-refractivity contribution >= 4 is 5.97 Å². The number of aliphatic carboxylic acids is 1. The lowest BCUT2D eigenvalue weighted by Gasteiger charge is -2.25. The molecule has 0 aromatic heterocycles. The van der Waals surface area contributed by atoms with Gasteiger partial charge in [0.15, 0.2) is 0 Å². The average Bonchev–Trinajstić information content (AvgIpc) is 2.53. The van der Waals surface area contributed by atoms with Crippen LogP contribution in [0.5, 0.6) is 11.5 Å². The van der Waals surface area contributed by atoms with Crippen LogP contribution in [-0.4, -0.2) is 17.2 Å². The van der Waals surface area contributed by atoms with E-state index in [2.05, 4.69) is 0 Å². The molecule has 2 aromatic carbocycles. The summed E-state index contributed by atoms with van der Waals surface area (Å²) >= 11 is 0. The van der Waals surface area contributed by atoms with Gasteiger partial charge in [-0.25, -0.2) is 0 Å². The van der Waals surface area contributed by atoms with Gasteiger partial charge in [-0.2, -0.15) is 0 Å². The first-order chi connectivity index (χ1) is 10.7. The summed E-state index contributed by atoms with van der Waals surface area (Å²) in [5, 5.41) is 8.87. The Labute approximate surface area is 129 Å². The second-order valence-corrected chi connectivity index (χ2v) is 5.42. The highest BCUT2D eigenvalue weighted by atomic mass is 16.5. The summed E-state index contributed by atoms with van der Waals surface area (Å²) in [6.07, 6.45) is 1.36. The minimum atomic E-state index is -0.829. The van der Waals surface area contributed by atoms with E-state index < -0.39 is 5.97 Å². The number of ether oxygens (including phenoxy) is 2. The van der Waals surface area contributed by atoms with Crippen LogP contribution in [0.1, 0.15) is 24.0 Å². The summed E-state index contributed by atoms with van der Waals surface area (Å²) in [6.45, 7) is 0.498. The highest BCUT2D eigenvalue weighted by molar-refractivity contribution is 5.67. The van der Waals surface area contributed by atoms with Crippen LogP contribution >= 0.6 is 0 Å². The smallest absolute Gasteiger partial charge is 0.307 e. The first-order valence-corrected chi connectivity index (χ1v) is 7.39. The van der Waals surface area contributed by atoms with E-state index in [1.54, 1.807) is 0 Å². The van der Waals surface area contributed by atoms with Crippen LogP contribution in [-0.2, 0) is 17.8 Å². The van der Waals surface area contributed by atoms with Gasteiger partial charge in [-0.1, -0.05) is 36.4 Å². The van der Waals surface area contributed by atoms with Gasteiger partial charge >= 0.3 is 5.97 Å². The highest BCUT2D eigenvalue weighted by Gasteiger charge is 2.22. The molecule has 114 valence electrons. The molecule has 1 aliphatic heterocycles. The summed E-state index contributed by atoms with van der Waals surface area (Å²) in [7, 11) is 0. The van der Waals surface area contributed by atoms with Crippen molar-refractivity contribution in [1.29, 1.82) is 0 Å². The van der Waals surface area contributed by atoms with E-state index in [9.17, 15) is 4.79 Å². The van der Waals surface area contributed by atoms with Crippen molar-refractivity contribution in [2.75, 3.05) is 0 Å². The Morgan fingerprint density at radius 3 is 2.82 bits per heavy atom. The molecule has 1 atom stereocenters. The molecule has 0 bridgehead atoms. The molecule has 0 amide bonds. The Balaban J connectivity index is 1.66. The van der Waals surface area contributed by atoms with Crippen LogP contribution in [0.4, 0.5) is 0 Å². The number of rotatable bonds is 5. The van der Waals surface area contributed by atoms with E-state index in [0.717, 1.165) is 35.5 Å². The van der Waals surface area contributed by atoms with E-state index in [-0.39, 0.29) is 12.5 Å². The van der Waals surface area contributed by atoms with Gasteiger partial charge in [-0.05, 0) is 30.0 Å². The predicted molar refractivity (Wildman–Crippen MR) is 82.2 cm³/mol. The number of carboxylic acid groups (broad SMARTS) is 1. The normalized spacial score (nSPS) is 16.5. The summed E-state index contributed by atoms with van der Waals surface area (Å²) in [4.78, 5) is 10.8. The van der Waals surface area contributed by atoms with E-state index in [0.29, 0.717) is 6.61 Å².